The van der Waals surface area contributed by atoms with Gasteiger partial charge >= 0.3 is 6.41 Å². The normalized spacial score (nSPS) is 15.6. The molecule has 35 heavy (non-hydrogen) atoms. The molecule has 4 aromatic rings. The maximum Gasteiger partial charge on any atom is 0.403 e. The van der Waals surface area contributed by atoms with Crippen LogP contribution in [0.15, 0.2) is 36.9 Å². The van der Waals surface area contributed by atoms with E-state index in [4.69, 9.17) is 23.9 Å². The Balaban J connectivity index is 1.70. The van der Waals surface area contributed by atoms with Crippen molar-refractivity contribution in [2.75, 3.05) is 14.2 Å². The summed E-state index contributed by atoms with van der Waals surface area (Å²) >= 11 is 0. The van der Waals surface area contributed by atoms with Crippen LogP contribution in [-0.4, -0.2) is 29.2 Å². The number of ether oxygens (including phenoxy) is 4. The highest BCUT2D eigenvalue weighted by molar-refractivity contribution is 5.92. The molecule has 0 saturated carbocycles. The third-order valence-electron chi connectivity index (χ3n) is 6.15. The van der Waals surface area contributed by atoms with Crippen LogP contribution in [0.3, 0.4) is 0 Å². The Kier molecular flexibility index (Phi) is 5.23. The summed E-state index contributed by atoms with van der Waals surface area (Å²) in [4.78, 5) is 13.8. The molecule has 0 N–H and O–H groups in total. The zero-order valence-corrected chi connectivity index (χ0v) is 21.5. The molecule has 0 saturated heterocycles. The van der Waals surface area contributed by atoms with Gasteiger partial charge in [0.1, 0.15) is 17.5 Å². The maximum atomic E-state index is 6.39. The van der Waals surface area contributed by atoms with Crippen molar-refractivity contribution in [1.82, 2.24) is 15.0 Å². The van der Waals surface area contributed by atoms with E-state index in [0.717, 1.165) is 33.4 Å². The van der Waals surface area contributed by atoms with Crippen LogP contribution in [0, 0.1) is 0 Å². The first kappa shape index (κ1) is 23.1. The number of nitrogens with zero attached hydrogens (tertiary/aromatic N) is 4. The van der Waals surface area contributed by atoms with Crippen molar-refractivity contribution in [2.24, 2.45) is 0 Å². The number of rotatable bonds is 3. The van der Waals surface area contributed by atoms with Gasteiger partial charge in [-0.15, -0.1) is 0 Å². The summed E-state index contributed by atoms with van der Waals surface area (Å²) in [5.41, 5.74) is 2.98. The first-order valence-corrected chi connectivity index (χ1v) is 11.6. The van der Waals surface area contributed by atoms with Crippen molar-refractivity contribution in [3.8, 4) is 23.0 Å². The average Bonchev–Trinajstić information content (AvgIpc) is 3.23. The Hall–Kier alpha value is -3.68. The predicted molar refractivity (Wildman–Crippen MR) is 132 cm³/mol. The van der Waals surface area contributed by atoms with E-state index in [1.807, 2.05) is 28.8 Å². The molecule has 8 heteroatoms. The zero-order chi connectivity index (χ0) is 25.1. The van der Waals surface area contributed by atoms with Crippen LogP contribution < -0.4 is 23.5 Å². The summed E-state index contributed by atoms with van der Waals surface area (Å²) in [7, 11) is 3.27. The molecule has 0 spiro atoms. The van der Waals surface area contributed by atoms with Gasteiger partial charge in [0.25, 0.3) is 6.33 Å². The van der Waals surface area contributed by atoms with E-state index in [-0.39, 0.29) is 10.8 Å². The Morgan fingerprint density at radius 2 is 1.63 bits per heavy atom. The number of hydrogen-bond acceptors (Lipinski definition) is 7. The van der Waals surface area contributed by atoms with Gasteiger partial charge in [-0.3, -0.25) is 0 Å². The molecular weight excluding hydrogens is 444 g/mol. The van der Waals surface area contributed by atoms with Gasteiger partial charge in [-0.25, -0.2) is 9.97 Å². The molecule has 2 aromatic heterocycles. The van der Waals surface area contributed by atoms with Crippen LogP contribution in [0.4, 0.5) is 0 Å². The standard InChI is InChI=1S/C27H31N4O4/c1-26(2,3)23-16-12-18-21(22(33-8)20(16)28-13-29-23)35-25(34-18)31-14-30-19-15(24(31)27(4,5)6)10-9-11-17(19)32-7/h9-14,25H,1-8H3/q+1. The molecular formula is C27H31N4O4+. The molecule has 1 atom stereocenters. The van der Waals surface area contributed by atoms with Crippen molar-refractivity contribution in [1.29, 1.82) is 0 Å². The molecule has 0 amide bonds. The van der Waals surface area contributed by atoms with E-state index in [2.05, 4.69) is 51.5 Å². The van der Waals surface area contributed by atoms with E-state index < -0.39 is 6.41 Å². The monoisotopic (exact) mass is 475 g/mol. The predicted octanol–water partition coefficient (Wildman–Crippen LogP) is 5.01. The summed E-state index contributed by atoms with van der Waals surface area (Å²) in [6.45, 7) is 12.8. The Labute approximate surface area is 204 Å². The van der Waals surface area contributed by atoms with E-state index in [1.54, 1.807) is 26.9 Å². The minimum atomic E-state index is -0.765. The van der Waals surface area contributed by atoms with Crippen LogP contribution in [0.1, 0.15) is 59.3 Å². The molecule has 8 nitrogen and oxygen atoms in total. The molecule has 0 radical (unpaired) electrons. The third kappa shape index (κ3) is 3.68. The van der Waals surface area contributed by atoms with Gasteiger partial charge in [-0.2, -0.15) is 4.57 Å². The largest absolute Gasteiger partial charge is 0.492 e. The molecule has 0 aliphatic carbocycles. The molecule has 1 aliphatic rings. The topological polar surface area (TPSA) is 79.5 Å². The van der Waals surface area contributed by atoms with Gasteiger partial charge in [0.05, 0.1) is 25.3 Å². The fraction of sp³-hybridized carbons (Fsp3) is 0.407. The van der Waals surface area contributed by atoms with Crippen LogP contribution >= 0.6 is 0 Å². The van der Waals surface area contributed by atoms with Crippen LogP contribution in [0.2, 0.25) is 0 Å². The lowest BCUT2D eigenvalue weighted by Gasteiger charge is -2.22. The van der Waals surface area contributed by atoms with Gasteiger partial charge < -0.3 is 18.9 Å². The van der Waals surface area contributed by atoms with Gasteiger partial charge in [0.15, 0.2) is 17.2 Å². The minimum absolute atomic E-state index is 0.186. The molecule has 1 aliphatic heterocycles. The fourth-order valence-electron chi connectivity index (χ4n) is 4.74. The zero-order valence-electron chi connectivity index (χ0n) is 21.5. The smallest absolute Gasteiger partial charge is 0.403 e. The van der Waals surface area contributed by atoms with Crippen molar-refractivity contribution in [2.45, 2.75) is 58.8 Å². The number of fused-ring (bicyclic) bond motifs is 3. The van der Waals surface area contributed by atoms with Gasteiger partial charge in [-0.1, -0.05) is 47.6 Å². The minimum Gasteiger partial charge on any atom is -0.492 e. The first-order valence-electron chi connectivity index (χ1n) is 11.6. The van der Waals surface area contributed by atoms with Gasteiger partial charge in [0, 0.05) is 16.2 Å². The summed E-state index contributed by atoms with van der Waals surface area (Å²) in [5, 5.41) is 1.85. The fourth-order valence-corrected chi connectivity index (χ4v) is 4.74. The van der Waals surface area contributed by atoms with Gasteiger partial charge in [-0.05, 0) is 23.2 Å². The van der Waals surface area contributed by atoms with Crippen LogP contribution in [0.25, 0.3) is 21.8 Å². The summed E-state index contributed by atoms with van der Waals surface area (Å²) in [6, 6.07) is 7.87. The number of para-hydroxylation sites is 1. The van der Waals surface area contributed by atoms with Crippen LogP contribution in [0.5, 0.6) is 23.0 Å². The second kappa shape index (κ2) is 7.93. The van der Waals surface area contributed by atoms with Crippen LogP contribution in [-0.2, 0) is 10.8 Å². The third-order valence-corrected chi connectivity index (χ3v) is 6.15. The molecule has 2 aromatic carbocycles. The highest BCUT2D eigenvalue weighted by atomic mass is 16.7. The lowest BCUT2D eigenvalue weighted by molar-refractivity contribution is -0.791. The van der Waals surface area contributed by atoms with Crippen molar-refractivity contribution in [3.63, 3.8) is 0 Å². The second-order valence-electron chi connectivity index (χ2n) is 10.8. The Bertz CT molecular complexity index is 1450. The number of methoxy groups -OCH3 is 2. The van der Waals surface area contributed by atoms with E-state index in [1.165, 1.54) is 0 Å². The number of benzene rings is 2. The molecule has 5 rings (SSSR count). The molecule has 0 fully saturated rings. The Morgan fingerprint density at radius 1 is 0.857 bits per heavy atom. The first-order chi connectivity index (χ1) is 16.5. The number of aromatic nitrogens is 4. The molecule has 1 unspecified atom stereocenters. The molecule has 3 heterocycles. The quantitative estimate of drug-likeness (QED) is 0.386. The highest BCUT2D eigenvalue weighted by Crippen LogP contribution is 2.49. The van der Waals surface area contributed by atoms with E-state index in [9.17, 15) is 0 Å². The summed E-state index contributed by atoms with van der Waals surface area (Å²) in [6.07, 6.45) is 2.55. The van der Waals surface area contributed by atoms with Gasteiger partial charge in [0.2, 0.25) is 11.3 Å². The molecule has 0 bridgehead atoms. The SMILES string of the molecule is COc1cccc2c(C(C)(C)C)[n+](C3Oc4cc5c(C(C)(C)C)ncnc5c(OC)c4O3)cnc12. The number of hydrogen-bond donors (Lipinski definition) is 0. The average molecular weight is 476 g/mol. The second-order valence-corrected chi connectivity index (χ2v) is 10.8. The summed E-state index contributed by atoms with van der Waals surface area (Å²) in [5.74, 6) is 2.35. The van der Waals surface area contributed by atoms with Crippen molar-refractivity contribution < 1.29 is 23.5 Å². The highest BCUT2D eigenvalue weighted by Gasteiger charge is 2.39. The van der Waals surface area contributed by atoms with E-state index in [0.29, 0.717) is 22.8 Å². The summed E-state index contributed by atoms with van der Waals surface area (Å²) < 4.78 is 26.0. The lowest BCUT2D eigenvalue weighted by Crippen LogP contribution is -2.51. The van der Waals surface area contributed by atoms with Crippen molar-refractivity contribution >= 4 is 21.8 Å². The van der Waals surface area contributed by atoms with E-state index >= 15 is 0 Å². The lowest BCUT2D eigenvalue weighted by atomic mass is 9.88. The maximum absolute atomic E-state index is 6.39. The Morgan fingerprint density at radius 3 is 2.29 bits per heavy atom. The van der Waals surface area contributed by atoms with Crippen molar-refractivity contribution in [3.05, 3.63) is 48.3 Å². The molecule has 182 valence electrons.